The quantitative estimate of drug-likeness (QED) is 0.654. The lowest BCUT2D eigenvalue weighted by atomic mass is 10.1. The van der Waals surface area contributed by atoms with Crippen molar-refractivity contribution in [3.8, 4) is 0 Å². The van der Waals surface area contributed by atoms with Crippen LogP contribution in [-0.4, -0.2) is 47.8 Å². The number of esters is 1. The van der Waals surface area contributed by atoms with Gasteiger partial charge in [-0.2, -0.15) is 0 Å². The number of alkyl carbamates (subject to hydrolysis) is 1. The van der Waals surface area contributed by atoms with Gasteiger partial charge >= 0.3 is 18.0 Å². The van der Waals surface area contributed by atoms with Crippen molar-refractivity contribution in [2.45, 2.75) is 38.8 Å². The minimum Gasteiger partial charge on any atom is -0.481 e. The van der Waals surface area contributed by atoms with Gasteiger partial charge in [0.15, 0.2) is 0 Å². The predicted octanol–water partition coefficient (Wildman–Crippen LogP) is 1.78. The first kappa shape index (κ1) is 20.9. The van der Waals surface area contributed by atoms with Gasteiger partial charge in [0.25, 0.3) is 0 Å². The van der Waals surface area contributed by atoms with Gasteiger partial charge in [-0.05, 0) is 32.9 Å². The molecule has 0 aliphatic rings. The summed E-state index contributed by atoms with van der Waals surface area (Å²) in [4.78, 5) is 47.0. The molecule has 0 aliphatic heterocycles. The average molecular weight is 366 g/mol. The number of aliphatic carboxylic acids is 1. The Hall–Kier alpha value is -3.10. The van der Waals surface area contributed by atoms with Gasteiger partial charge in [0.05, 0.1) is 24.8 Å². The second-order valence-corrected chi connectivity index (χ2v) is 6.32. The topological polar surface area (TPSA) is 131 Å². The molecule has 0 fully saturated rings. The molecule has 9 nitrogen and oxygen atoms in total. The Kier molecular flexibility index (Phi) is 7.12. The van der Waals surface area contributed by atoms with Gasteiger partial charge < -0.3 is 25.2 Å². The van der Waals surface area contributed by atoms with Crippen molar-refractivity contribution in [3.05, 3.63) is 29.8 Å². The fourth-order valence-corrected chi connectivity index (χ4v) is 1.93. The molecule has 0 aromatic heterocycles. The van der Waals surface area contributed by atoms with Crippen LogP contribution in [0.2, 0.25) is 0 Å². The highest BCUT2D eigenvalue weighted by Crippen LogP contribution is 2.17. The third kappa shape index (κ3) is 6.80. The molecule has 0 saturated heterocycles. The number of ether oxygens (including phenoxy) is 2. The van der Waals surface area contributed by atoms with E-state index in [1.807, 2.05) is 0 Å². The lowest BCUT2D eigenvalue weighted by molar-refractivity contribution is -0.139. The lowest BCUT2D eigenvalue weighted by Crippen LogP contribution is -2.47. The minimum atomic E-state index is -1.40. The Morgan fingerprint density at radius 1 is 1.15 bits per heavy atom. The van der Waals surface area contributed by atoms with Gasteiger partial charge in [0.1, 0.15) is 11.6 Å². The van der Waals surface area contributed by atoms with E-state index in [0.717, 1.165) is 0 Å². The molecule has 1 aromatic rings. The first-order valence-corrected chi connectivity index (χ1v) is 7.73. The number of carboxylic acids is 1. The summed E-state index contributed by atoms with van der Waals surface area (Å²) >= 11 is 0. The fraction of sp³-hybridized carbons (Fsp3) is 0.412. The van der Waals surface area contributed by atoms with Crippen LogP contribution in [0.3, 0.4) is 0 Å². The fourth-order valence-electron chi connectivity index (χ4n) is 1.93. The third-order valence-corrected chi connectivity index (χ3v) is 2.98. The van der Waals surface area contributed by atoms with Gasteiger partial charge in [-0.15, -0.1) is 0 Å². The Labute approximate surface area is 150 Å². The number of rotatable bonds is 6. The number of hydrogen-bond acceptors (Lipinski definition) is 6. The predicted molar refractivity (Wildman–Crippen MR) is 91.8 cm³/mol. The maximum Gasteiger partial charge on any atom is 0.408 e. The molecule has 1 atom stereocenters. The number of hydrogen-bond donors (Lipinski definition) is 3. The van der Waals surface area contributed by atoms with E-state index in [2.05, 4.69) is 15.4 Å². The maximum atomic E-state index is 12.4. The van der Waals surface area contributed by atoms with E-state index in [0.29, 0.717) is 0 Å². The third-order valence-electron chi connectivity index (χ3n) is 2.98. The molecule has 2 amide bonds. The summed E-state index contributed by atoms with van der Waals surface area (Å²) in [5.74, 6) is -2.77. The molecule has 9 heteroatoms. The number of carbonyl (C=O) groups is 4. The van der Waals surface area contributed by atoms with Crippen LogP contribution in [0.5, 0.6) is 0 Å². The van der Waals surface area contributed by atoms with Crippen molar-refractivity contribution in [2.24, 2.45) is 0 Å². The van der Waals surface area contributed by atoms with Crippen molar-refractivity contribution in [1.82, 2.24) is 5.32 Å². The molecule has 0 saturated carbocycles. The number of nitrogens with one attached hydrogen (secondary N) is 2. The van der Waals surface area contributed by atoms with Gasteiger partial charge in [-0.25, -0.2) is 9.59 Å². The monoisotopic (exact) mass is 366 g/mol. The van der Waals surface area contributed by atoms with Crippen LogP contribution in [0.25, 0.3) is 0 Å². The molecule has 0 aliphatic carbocycles. The molecule has 1 aromatic carbocycles. The second kappa shape index (κ2) is 8.84. The van der Waals surface area contributed by atoms with Gasteiger partial charge in [0.2, 0.25) is 5.91 Å². The van der Waals surface area contributed by atoms with Crippen LogP contribution in [0.1, 0.15) is 37.6 Å². The van der Waals surface area contributed by atoms with Crippen LogP contribution in [0.15, 0.2) is 24.3 Å². The summed E-state index contributed by atoms with van der Waals surface area (Å²) in [6, 6.07) is 4.66. The first-order valence-electron chi connectivity index (χ1n) is 7.73. The molecular weight excluding hydrogens is 344 g/mol. The highest BCUT2D eigenvalue weighted by molar-refractivity contribution is 6.04. The number of para-hydroxylation sites is 1. The van der Waals surface area contributed by atoms with Gasteiger partial charge in [-0.3, -0.25) is 9.59 Å². The molecular formula is C17H22N2O7. The SMILES string of the molecule is COC(=O)c1ccccc1NC(=O)[C@H](CC(=O)O)NC(=O)OC(C)(C)C. The molecule has 0 heterocycles. The Balaban J connectivity index is 2.95. The van der Waals surface area contributed by atoms with E-state index >= 15 is 0 Å². The Morgan fingerprint density at radius 2 is 1.77 bits per heavy atom. The van der Waals surface area contributed by atoms with Gasteiger partial charge in [0, 0.05) is 0 Å². The zero-order chi connectivity index (χ0) is 19.9. The number of carbonyl (C=O) groups excluding carboxylic acids is 3. The molecule has 26 heavy (non-hydrogen) atoms. The summed E-state index contributed by atoms with van der Waals surface area (Å²) in [5.41, 5.74) is -0.591. The molecule has 0 radical (unpaired) electrons. The number of benzene rings is 1. The Morgan fingerprint density at radius 3 is 2.31 bits per heavy atom. The summed E-state index contributed by atoms with van der Waals surface area (Å²) in [7, 11) is 1.19. The largest absolute Gasteiger partial charge is 0.481 e. The van der Waals surface area contributed by atoms with Crippen LogP contribution in [0, 0.1) is 0 Å². The molecule has 1 rings (SSSR count). The molecule has 0 unspecified atom stereocenters. The highest BCUT2D eigenvalue weighted by Gasteiger charge is 2.27. The smallest absolute Gasteiger partial charge is 0.408 e. The molecule has 0 bridgehead atoms. The van der Waals surface area contributed by atoms with E-state index in [4.69, 9.17) is 9.84 Å². The Bertz CT molecular complexity index is 695. The zero-order valence-electron chi connectivity index (χ0n) is 15.0. The maximum absolute atomic E-state index is 12.4. The standard InChI is InChI=1S/C17H22N2O7/c1-17(2,3)26-16(24)19-12(9-13(20)21)14(22)18-11-8-6-5-7-10(11)15(23)25-4/h5-8,12H,9H2,1-4H3,(H,18,22)(H,19,24)(H,20,21)/t12-/m0/s1. The van der Waals surface area contributed by atoms with Crippen molar-refractivity contribution in [2.75, 3.05) is 12.4 Å². The van der Waals surface area contributed by atoms with E-state index in [9.17, 15) is 19.2 Å². The summed E-state index contributed by atoms with van der Waals surface area (Å²) in [6.07, 6.45) is -1.59. The van der Waals surface area contributed by atoms with Crippen molar-refractivity contribution < 1.29 is 33.8 Å². The van der Waals surface area contributed by atoms with Crippen molar-refractivity contribution in [1.29, 1.82) is 0 Å². The van der Waals surface area contributed by atoms with Crippen LogP contribution in [0.4, 0.5) is 10.5 Å². The number of methoxy groups -OCH3 is 1. The molecule has 3 N–H and O–H groups in total. The zero-order valence-corrected chi connectivity index (χ0v) is 15.0. The van der Waals surface area contributed by atoms with Crippen LogP contribution >= 0.6 is 0 Å². The second-order valence-electron chi connectivity index (χ2n) is 6.32. The molecule has 0 spiro atoms. The minimum absolute atomic E-state index is 0.0923. The summed E-state index contributed by atoms with van der Waals surface area (Å²) < 4.78 is 9.66. The number of carboxylic acid groups (broad SMARTS) is 1. The number of amides is 2. The highest BCUT2D eigenvalue weighted by atomic mass is 16.6. The van der Waals surface area contributed by atoms with E-state index in [1.165, 1.54) is 19.2 Å². The number of anilines is 1. The van der Waals surface area contributed by atoms with Crippen LogP contribution < -0.4 is 10.6 Å². The van der Waals surface area contributed by atoms with E-state index in [1.54, 1.807) is 32.9 Å². The van der Waals surface area contributed by atoms with E-state index in [-0.39, 0.29) is 11.3 Å². The normalized spacial score (nSPS) is 11.8. The summed E-state index contributed by atoms with van der Waals surface area (Å²) in [5, 5.41) is 13.6. The van der Waals surface area contributed by atoms with Gasteiger partial charge in [-0.1, -0.05) is 12.1 Å². The average Bonchev–Trinajstić information content (AvgIpc) is 2.51. The molecule has 142 valence electrons. The van der Waals surface area contributed by atoms with Crippen LogP contribution in [-0.2, 0) is 19.1 Å². The van der Waals surface area contributed by atoms with Crippen molar-refractivity contribution in [3.63, 3.8) is 0 Å². The lowest BCUT2D eigenvalue weighted by Gasteiger charge is -2.23. The van der Waals surface area contributed by atoms with Crippen molar-refractivity contribution >= 4 is 29.6 Å². The summed E-state index contributed by atoms with van der Waals surface area (Å²) in [6.45, 7) is 4.89. The first-order chi connectivity index (χ1) is 12.0. The van der Waals surface area contributed by atoms with E-state index < -0.39 is 42.0 Å².